The van der Waals surface area contributed by atoms with E-state index in [0.717, 1.165) is 18.3 Å². The van der Waals surface area contributed by atoms with Crippen LogP contribution in [0.15, 0.2) is 0 Å². The number of hydrogen-bond donors (Lipinski definition) is 0. The standard InChI is InChI=1S/C17H30O/c1-2-3-5-10-16-13-15(11-12-17(16)18)14-8-6-4-7-9-14/h14-16H,2-13H2,1H3. The Kier molecular flexibility index (Phi) is 5.72. The first-order valence-corrected chi connectivity index (χ1v) is 8.34. The fourth-order valence-corrected chi connectivity index (χ4v) is 4.10. The van der Waals surface area contributed by atoms with Crippen molar-refractivity contribution in [3.63, 3.8) is 0 Å². The molecule has 2 fully saturated rings. The Morgan fingerprint density at radius 2 is 1.78 bits per heavy atom. The van der Waals surface area contributed by atoms with Gasteiger partial charge in [0, 0.05) is 12.3 Å². The molecule has 0 spiro atoms. The molecule has 0 amide bonds. The topological polar surface area (TPSA) is 17.1 Å². The van der Waals surface area contributed by atoms with Crippen LogP contribution in [0.5, 0.6) is 0 Å². The van der Waals surface area contributed by atoms with Crippen molar-refractivity contribution in [2.24, 2.45) is 17.8 Å². The van der Waals surface area contributed by atoms with Crippen molar-refractivity contribution in [3.05, 3.63) is 0 Å². The smallest absolute Gasteiger partial charge is 0.135 e. The Hall–Kier alpha value is -0.330. The van der Waals surface area contributed by atoms with Crippen LogP contribution in [0.1, 0.15) is 84.0 Å². The third-order valence-corrected chi connectivity index (χ3v) is 5.28. The molecular weight excluding hydrogens is 220 g/mol. The fourth-order valence-electron chi connectivity index (χ4n) is 4.10. The summed E-state index contributed by atoms with van der Waals surface area (Å²) in [5.74, 6) is 2.85. The van der Waals surface area contributed by atoms with Gasteiger partial charge in [-0.05, 0) is 31.1 Å². The minimum absolute atomic E-state index is 0.428. The molecule has 2 saturated carbocycles. The maximum Gasteiger partial charge on any atom is 0.135 e. The van der Waals surface area contributed by atoms with Gasteiger partial charge in [-0.3, -0.25) is 4.79 Å². The van der Waals surface area contributed by atoms with E-state index in [4.69, 9.17) is 0 Å². The van der Waals surface area contributed by atoms with Crippen molar-refractivity contribution in [2.45, 2.75) is 84.0 Å². The summed E-state index contributed by atoms with van der Waals surface area (Å²) in [5, 5.41) is 0. The summed E-state index contributed by atoms with van der Waals surface area (Å²) in [6.07, 6.45) is 15.6. The highest BCUT2D eigenvalue weighted by atomic mass is 16.1. The molecule has 2 aliphatic carbocycles. The SMILES string of the molecule is CCCCCC1CC(C2CCCCC2)CCC1=O. The monoisotopic (exact) mass is 250 g/mol. The van der Waals surface area contributed by atoms with Gasteiger partial charge in [-0.25, -0.2) is 0 Å². The van der Waals surface area contributed by atoms with Gasteiger partial charge in [0.1, 0.15) is 5.78 Å². The highest BCUT2D eigenvalue weighted by molar-refractivity contribution is 5.81. The number of Topliss-reactive ketones (excluding diaryl/α,β-unsaturated/α-hetero) is 1. The predicted octanol–water partition coefficient (Wildman–Crippen LogP) is 5.13. The fraction of sp³-hybridized carbons (Fsp3) is 0.941. The molecule has 2 unspecified atom stereocenters. The van der Waals surface area contributed by atoms with E-state index in [1.54, 1.807) is 0 Å². The number of ketones is 1. The molecular formula is C17H30O. The summed E-state index contributed by atoms with van der Waals surface area (Å²) >= 11 is 0. The Morgan fingerprint density at radius 1 is 1.00 bits per heavy atom. The molecule has 1 heteroatoms. The van der Waals surface area contributed by atoms with Gasteiger partial charge in [-0.15, -0.1) is 0 Å². The Balaban J connectivity index is 1.81. The molecule has 2 atom stereocenters. The maximum atomic E-state index is 12.0. The van der Waals surface area contributed by atoms with Crippen molar-refractivity contribution >= 4 is 5.78 Å². The van der Waals surface area contributed by atoms with Crippen molar-refractivity contribution in [1.82, 2.24) is 0 Å². The number of carbonyl (C=O) groups is 1. The van der Waals surface area contributed by atoms with E-state index in [-0.39, 0.29) is 0 Å². The van der Waals surface area contributed by atoms with Crippen molar-refractivity contribution in [1.29, 1.82) is 0 Å². The number of hydrogen-bond acceptors (Lipinski definition) is 1. The summed E-state index contributed by atoms with van der Waals surface area (Å²) in [4.78, 5) is 12.0. The van der Waals surface area contributed by atoms with E-state index in [9.17, 15) is 4.79 Å². The van der Waals surface area contributed by atoms with Crippen LogP contribution >= 0.6 is 0 Å². The van der Waals surface area contributed by atoms with Crippen LogP contribution in [-0.4, -0.2) is 5.78 Å². The molecule has 0 bridgehead atoms. The quantitative estimate of drug-likeness (QED) is 0.618. The first kappa shape index (κ1) is 14.1. The summed E-state index contributed by atoms with van der Waals surface area (Å²) in [6.45, 7) is 2.24. The Labute approximate surface area is 113 Å². The minimum Gasteiger partial charge on any atom is -0.299 e. The average molecular weight is 250 g/mol. The highest BCUT2D eigenvalue weighted by Crippen LogP contribution is 2.40. The van der Waals surface area contributed by atoms with Crippen LogP contribution in [0.4, 0.5) is 0 Å². The molecule has 2 rings (SSSR count). The van der Waals surface area contributed by atoms with E-state index in [1.165, 1.54) is 70.6 Å². The molecule has 2 aliphatic rings. The Morgan fingerprint density at radius 3 is 2.50 bits per heavy atom. The van der Waals surface area contributed by atoms with Gasteiger partial charge in [-0.2, -0.15) is 0 Å². The Bertz CT molecular complexity index is 252. The first-order chi connectivity index (χ1) is 8.81. The van der Waals surface area contributed by atoms with Gasteiger partial charge in [0.05, 0.1) is 0 Å². The van der Waals surface area contributed by atoms with E-state index < -0.39 is 0 Å². The van der Waals surface area contributed by atoms with E-state index in [2.05, 4.69) is 6.92 Å². The van der Waals surface area contributed by atoms with E-state index in [1.807, 2.05) is 0 Å². The van der Waals surface area contributed by atoms with Gasteiger partial charge < -0.3 is 0 Å². The average Bonchev–Trinajstić information content (AvgIpc) is 2.42. The molecule has 0 aromatic heterocycles. The van der Waals surface area contributed by atoms with Gasteiger partial charge in [0.2, 0.25) is 0 Å². The van der Waals surface area contributed by atoms with Crippen molar-refractivity contribution < 1.29 is 4.79 Å². The molecule has 0 radical (unpaired) electrons. The lowest BCUT2D eigenvalue weighted by Gasteiger charge is -2.36. The molecule has 1 nitrogen and oxygen atoms in total. The minimum atomic E-state index is 0.428. The normalized spacial score (nSPS) is 30.6. The second kappa shape index (κ2) is 7.31. The summed E-state index contributed by atoms with van der Waals surface area (Å²) in [7, 11) is 0. The molecule has 104 valence electrons. The molecule has 0 aromatic rings. The molecule has 18 heavy (non-hydrogen) atoms. The van der Waals surface area contributed by atoms with Crippen LogP contribution < -0.4 is 0 Å². The summed E-state index contributed by atoms with van der Waals surface area (Å²) in [5.41, 5.74) is 0. The lowest BCUT2D eigenvalue weighted by Crippen LogP contribution is -2.30. The van der Waals surface area contributed by atoms with Gasteiger partial charge in [0.15, 0.2) is 0 Å². The second-order valence-corrected chi connectivity index (χ2v) is 6.59. The van der Waals surface area contributed by atoms with Crippen LogP contribution in [0, 0.1) is 17.8 Å². The summed E-state index contributed by atoms with van der Waals surface area (Å²) in [6, 6.07) is 0. The van der Waals surface area contributed by atoms with E-state index in [0.29, 0.717) is 11.7 Å². The zero-order valence-corrected chi connectivity index (χ0v) is 12.1. The lowest BCUT2D eigenvalue weighted by atomic mass is 9.69. The van der Waals surface area contributed by atoms with E-state index >= 15 is 0 Å². The van der Waals surface area contributed by atoms with Gasteiger partial charge in [0.25, 0.3) is 0 Å². The molecule has 0 heterocycles. The number of rotatable bonds is 5. The van der Waals surface area contributed by atoms with Crippen LogP contribution in [0.25, 0.3) is 0 Å². The molecule has 0 saturated heterocycles. The number of unbranched alkanes of at least 4 members (excludes halogenated alkanes) is 2. The van der Waals surface area contributed by atoms with Crippen molar-refractivity contribution in [2.75, 3.05) is 0 Å². The van der Waals surface area contributed by atoms with Crippen LogP contribution in [-0.2, 0) is 4.79 Å². The largest absolute Gasteiger partial charge is 0.299 e. The second-order valence-electron chi connectivity index (χ2n) is 6.59. The number of carbonyl (C=O) groups excluding carboxylic acids is 1. The predicted molar refractivity (Wildman–Crippen MR) is 76.6 cm³/mol. The lowest BCUT2D eigenvalue weighted by molar-refractivity contribution is -0.126. The van der Waals surface area contributed by atoms with Crippen LogP contribution in [0.2, 0.25) is 0 Å². The van der Waals surface area contributed by atoms with Crippen molar-refractivity contribution in [3.8, 4) is 0 Å². The zero-order chi connectivity index (χ0) is 12.8. The first-order valence-electron chi connectivity index (χ1n) is 8.34. The third-order valence-electron chi connectivity index (χ3n) is 5.28. The van der Waals surface area contributed by atoms with Gasteiger partial charge in [-0.1, -0.05) is 58.3 Å². The van der Waals surface area contributed by atoms with Crippen LogP contribution in [0.3, 0.4) is 0 Å². The maximum absolute atomic E-state index is 12.0. The molecule has 0 N–H and O–H groups in total. The van der Waals surface area contributed by atoms with Gasteiger partial charge >= 0.3 is 0 Å². The zero-order valence-electron chi connectivity index (χ0n) is 12.1. The molecule has 0 aromatic carbocycles. The summed E-state index contributed by atoms with van der Waals surface area (Å²) < 4.78 is 0. The molecule has 0 aliphatic heterocycles. The third kappa shape index (κ3) is 3.83. The highest BCUT2D eigenvalue weighted by Gasteiger charge is 2.32.